The van der Waals surface area contributed by atoms with Crippen molar-refractivity contribution in [2.75, 3.05) is 11.9 Å². The van der Waals surface area contributed by atoms with Crippen molar-refractivity contribution in [1.82, 2.24) is 10.2 Å². The molecule has 0 spiro atoms. The van der Waals surface area contributed by atoms with E-state index >= 15 is 0 Å². The SMILES string of the molecule is Cc1nnc(NC2(CN)CCCCC2)c2ccccc12. The molecule has 1 fully saturated rings. The molecule has 1 aliphatic rings. The molecule has 1 aliphatic carbocycles. The highest BCUT2D eigenvalue weighted by Gasteiger charge is 2.31. The van der Waals surface area contributed by atoms with Crippen LogP contribution in [0.15, 0.2) is 24.3 Å². The highest BCUT2D eigenvalue weighted by Crippen LogP contribution is 2.32. The van der Waals surface area contributed by atoms with Crippen LogP contribution in [0.5, 0.6) is 0 Å². The third-order valence-electron chi connectivity index (χ3n) is 4.46. The van der Waals surface area contributed by atoms with Crippen LogP contribution in [0, 0.1) is 6.92 Å². The second kappa shape index (κ2) is 5.37. The third-order valence-corrected chi connectivity index (χ3v) is 4.46. The molecular formula is C16H22N4. The number of hydrogen-bond acceptors (Lipinski definition) is 4. The summed E-state index contributed by atoms with van der Waals surface area (Å²) in [4.78, 5) is 0. The first-order chi connectivity index (χ1) is 9.74. The van der Waals surface area contributed by atoms with Crippen molar-refractivity contribution in [3.63, 3.8) is 0 Å². The van der Waals surface area contributed by atoms with Gasteiger partial charge in [0.05, 0.1) is 11.2 Å². The molecular weight excluding hydrogens is 248 g/mol. The average molecular weight is 270 g/mol. The Morgan fingerprint density at radius 1 is 1.10 bits per heavy atom. The molecule has 20 heavy (non-hydrogen) atoms. The zero-order chi connectivity index (χ0) is 14.0. The number of fused-ring (bicyclic) bond motifs is 1. The summed E-state index contributed by atoms with van der Waals surface area (Å²) in [7, 11) is 0. The van der Waals surface area contributed by atoms with E-state index in [2.05, 4.69) is 27.6 Å². The van der Waals surface area contributed by atoms with E-state index in [1.165, 1.54) is 19.3 Å². The van der Waals surface area contributed by atoms with E-state index in [9.17, 15) is 0 Å². The summed E-state index contributed by atoms with van der Waals surface area (Å²) in [5, 5.41) is 14.6. The predicted molar refractivity (Wildman–Crippen MR) is 82.8 cm³/mol. The van der Waals surface area contributed by atoms with E-state index in [0.29, 0.717) is 6.54 Å². The van der Waals surface area contributed by atoms with E-state index < -0.39 is 0 Å². The zero-order valence-electron chi connectivity index (χ0n) is 12.0. The molecule has 1 saturated carbocycles. The Hall–Kier alpha value is -1.68. The van der Waals surface area contributed by atoms with Gasteiger partial charge in [-0.05, 0) is 19.8 Å². The van der Waals surface area contributed by atoms with Crippen molar-refractivity contribution in [2.24, 2.45) is 5.73 Å². The number of aryl methyl sites for hydroxylation is 1. The fraction of sp³-hybridized carbons (Fsp3) is 0.500. The van der Waals surface area contributed by atoms with Crippen molar-refractivity contribution in [2.45, 2.75) is 44.6 Å². The molecule has 1 aromatic carbocycles. The van der Waals surface area contributed by atoms with Crippen LogP contribution in [0.3, 0.4) is 0 Å². The lowest BCUT2D eigenvalue weighted by Crippen LogP contribution is -2.47. The van der Waals surface area contributed by atoms with Crippen molar-refractivity contribution in [1.29, 1.82) is 0 Å². The Balaban J connectivity index is 2.00. The average Bonchev–Trinajstić information content (AvgIpc) is 2.51. The number of nitrogens with two attached hydrogens (primary N) is 1. The smallest absolute Gasteiger partial charge is 0.157 e. The Bertz CT molecular complexity index is 602. The van der Waals surface area contributed by atoms with Crippen LogP contribution in [0.25, 0.3) is 10.8 Å². The van der Waals surface area contributed by atoms with Crippen molar-refractivity contribution >= 4 is 16.6 Å². The maximum atomic E-state index is 6.05. The number of benzene rings is 1. The van der Waals surface area contributed by atoms with Gasteiger partial charge in [-0.3, -0.25) is 0 Å². The largest absolute Gasteiger partial charge is 0.361 e. The molecule has 0 saturated heterocycles. The van der Waals surface area contributed by atoms with Crippen LogP contribution >= 0.6 is 0 Å². The summed E-state index contributed by atoms with van der Waals surface area (Å²) in [6.07, 6.45) is 6.02. The van der Waals surface area contributed by atoms with E-state index in [-0.39, 0.29) is 5.54 Å². The van der Waals surface area contributed by atoms with Crippen molar-refractivity contribution in [3.8, 4) is 0 Å². The van der Waals surface area contributed by atoms with E-state index in [4.69, 9.17) is 5.73 Å². The molecule has 2 aromatic rings. The van der Waals surface area contributed by atoms with E-state index in [1.807, 2.05) is 19.1 Å². The summed E-state index contributed by atoms with van der Waals surface area (Å²) in [6.45, 7) is 2.65. The molecule has 0 aliphatic heterocycles. The summed E-state index contributed by atoms with van der Waals surface area (Å²) in [5.41, 5.74) is 7.01. The fourth-order valence-electron chi connectivity index (χ4n) is 3.19. The van der Waals surface area contributed by atoms with Crippen LogP contribution in [0.1, 0.15) is 37.8 Å². The van der Waals surface area contributed by atoms with Gasteiger partial charge in [-0.25, -0.2) is 0 Å². The van der Waals surface area contributed by atoms with Gasteiger partial charge in [-0.15, -0.1) is 5.10 Å². The Morgan fingerprint density at radius 3 is 2.50 bits per heavy atom. The topological polar surface area (TPSA) is 63.8 Å². The van der Waals surface area contributed by atoms with Gasteiger partial charge in [-0.1, -0.05) is 43.5 Å². The lowest BCUT2D eigenvalue weighted by molar-refractivity contribution is 0.330. The Morgan fingerprint density at radius 2 is 1.80 bits per heavy atom. The molecule has 0 amide bonds. The molecule has 4 heteroatoms. The highest BCUT2D eigenvalue weighted by molar-refractivity contribution is 5.93. The molecule has 1 heterocycles. The monoisotopic (exact) mass is 270 g/mol. The zero-order valence-corrected chi connectivity index (χ0v) is 12.0. The van der Waals surface area contributed by atoms with Crippen molar-refractivity contribution in [3.05, 3.63) is 30.0 Å². The van der Waals surface area contributed by atoms with Gasteiger partial charge >= 0.3 is 0 Å². The van der Waals surface area contributed by atoms with Gasteiger partial charge in [-0.2, -0.15) is 5.10 Å². The Kier molecular flexibility index (Phi) is 3.57. The molecule has 106 valence electrons. The van der Waals surface area contributed by atoms with Gasteiger partial charge in [0.15, 0.2) is 5.82 Å². The lowest BCUT2D eigenvalue weighted by atomic mass is 9.81. The molecule has 4 nitrogen and oxygen atoms in total. The third kappa shape index (κ3) is 2.36. The normalized spacial score (nSPS) is 18.1. The van der Waals surface area contributed by atoms with Crippen molar-refractivity contribution < 1.29 is 0 Å². The molecule has 0 atom stereocenters. The number of anilines is 1. The van der Waals surface area contributed by atoms with E-state index in [0.717, 1.165) is 35.1 Å². The molecule has 3 rings (SSSR count). The number of rotatable bonds is 3. The second-order valence-corrected chi connectivity index (χ2v) is 5.85. The standard InChI is InChI=1S/C16H22N4/c1-12-13-7-3-4-8-14(13)15(20-19-12)18-16(11-17)9-5-2-6-10-16/h3-4,7-8H,2,5-6,9-11,17H2,1H3,(H,18,20). The van der Waals surface area contributed by atoms with Crippen LogP contribution in [0.4, 0.5) is 5.82 Å². The minimum Gasteiger partial charge on any atom is -0.361 e. The van der Waals surface area contributed by atoms with Gasteiger partial charge in [0.1, 0.15) is 0 Å². The van der Waals surface area contributed by atoms with Crippen LogP contribution in [0.2, 0.25) is 0 Å². The maximum Gasteiger partial charge on any atom is 0.157 e. The fourth-order valence-corrected chi connectivity index (χ4v) is 3.19. The summed E-state index contributed by atoms with van der Waals surface area (Å²) in [6, 6.07) is 8.29. The van der Waals surface area contributed by atoms with Gasteiger partial charge in [0, 0.05) is 17.3 Å². The number of hydrogen-bond donors (Lipinski definition) is 2. The first kappa shape index (κ1) is 13.3. The summed E-state index contributed by atoms with van der Waals surface area (Å²) >= 11 is 0. The van der Waals surface area contributed by atoms with Gasteiger partial charge in [0.2, 0.25) is 0 Å². The summed E-state index contributed by atoms with van der Waals surface area (Å²) in [5.74, 6) is 0.874. The van der Waals surface area contributed by atoms with Crippen LogP contribution in [-0.2, 0) is 0 Å². The second-order valence-electron chi connectivity index (χ2n) is 5.85. The Labute approximate surface area is 119 Å². The molecule has 1 aromatic heterocycles. The minimum absolute atomic E-state index is 0.00897. The first-order valence-electron chi connectivity index (χ1n) is 7.44. The van der Waals surface area contributed by atoms with E-state index in [1.54, 1.807) is 0 Å². The summed E-state index contributed by atoms with van der Waals surface area (Å²) < 4.78 is 0. The predicted octanol–water partition coefficient (Wildman–Crippen LogP) is 3.01. The minimum atomic E-state index is -0.00897. The molecule has 0 unspecified atom stereocenters. The van der Waals surface area contributed by atoms with Gasteiger partial charge < -0.3 is 11.1 Å². The first-order valence-corrected chi connectivity index (χ1v) is 7.44. The maximum absolute atomic E-state index is 6.05. The number of aromatic nitrogens is 2. The molecule has 0 bridgehead atoms. The van der Waals surface area contributed by atoms with Crippen LogP contribution < -0.4 is 11.1 Å². The quantitative estimate of drug-likeness (QED) is 0.900. The molecule has 0 radical (unpaired) electrons. The van der Waals surface area contributed by atoms with Crippen LogP contribution in [-0.4, -0.2) is 22.3 Å². The number of nitrogens with one attached hydrogen (secondary N) is 1. The lowest BCUT2D eigenvalue weighted by Gasteiger charge is -2.37. The molecule has 3 N–H and O–H groups in total. The number of nitrogens with zero attached hydrogens (tertiary/aromatic N) is 2. The highest BCUT2D eigenvalue weighted by atomic mass is 15.2. The van der Waals surface area contributed by atoms with Gasteiger partial charge in [0.25, 0.3) is 0 Å².